The van der Waals surface area contributed by atoms with Gasteiger partial charge in [-0.25, -0.2) is 9.50 Å². The maximum Gasteiger partial charge on any atom is 0.156 e. The molecule has 1 atom stereocenters. The van der Waals surface area contributed by atoms with E-state index < -0.39 is 0 Å². The van der Waals surface area contributed by atoms with Crippen LogP contribution in [0.2, 0.25) is 5.15 Å². The van der Waals surface area contributed by atoms with Crippen LogP contribution in [0.5, 0.6) is 0 Å². The van der Waals surface area contributed by atoms with Crippen LogP contribution in [0.25, 0.3) is 5.65 Å². The average Bonchev–Trinajstić information content (AvgIpc) is 2.63. The maximum atomic E-state index is 5.96. The number of hydrogen-bond acceptors (Lipinski definition) is 3. The van der Waals surface area contributed by atoms with Crippen molar-refractivity contribution in [2.24, 2.45) is 5.92 Å². The molecular weight excluding hydrogens is 236 g/mol. The van der Waals surface area contributed by atoms with Gasteiger partial charge in [0.15, 0.2) is 10.8 Å². The summed E-state index contributed by atoms with van der Waals surface area (Å²) in [5.41, 5.74) is 3.07. The molecule has 2 aromatic heterocycles. The van der Waals surface area contributed by atoms with Crippen molar-refractivity contribution in [1.82, 2.24) is 14.6 Å². The van der Waals surface area contributed by atoms with Crippen LogP contribution in [0, 0.1) is 5.92 Å². The molecule has 1 unspecified atom stereocenters. The Morgan fingerprint density at radius 3 is 3.06 bits per heavy atom. The van der Waals surface area contributed by atoms with E-state index in [9.17, 15) is 0 Å². The highest BCUT2D eigenvalue weighted by molar-refractivity contribution is 6.29. The second-order valence-electron chi connectivity index (χ2n) is 5.26. The minimum absolute atomic E-state index is 0.0527. The van der Waals surface area contributed by atoms with E-state index in [1.54, 1.807) is 6.07 Å². The Bertz CT molecular complexity index is 587. The van der Waals surface area contributed by atoms with Gasteiger partial charge in [0.2, 0.25) is 0 Å². The van der Waals surface area contributed by atoms with Gasteiger partial charge in [0.1, 0.15) is 0 Å². The molecule has 3 rings (SSSR count). The van der Waals surface area contributed by atoms with Gasteiger partial charge in [0.25, 0.3) is 0 Å². The van der Waals surface area contributed by atoms with Crippen LogP contribution >= 0.6 is 11.6 Å². The number of aromatic nitrogens is 3. The molecule has 0 spiro atoms. The first-order valence-corrected chi connectivity index (χ1v) is 6.16. The van der Waals surface area contributed by atoms with E-state index in [0.29, 0.717) is 11.1 Å². The van der Waals surface area contributed by atoms with Crippen molar-refractivity contribution < 1.29 is 0 Å². The SMILES string of the molecule is CC1CNc2cnc3cc(Cl)nn3c2C1(C)C. The molecule has 0 amide bonds. The summed E-state index contributed by atoms with van der Waals surface area (Å²) in [6.07, 6.45) is 1.87. The van der Waals surface area contributed by atoms with Gasteiger partial charge in [-0.15, -0.1) is 0 Å². The Balaban J connectivity index is 2.37. The minimum Gasteiger partial charge on any atom is -0.382 e. The summed E-state index contributed by atoms with van der Waals surface area (Å²) < 4.78 is 1.86. The molecule has 3 heterocycles. The van der Waals surface area contributed by atoms with Crippen molar-refractivity contribution in [2.45, 2.75) is 26.2 Å². The first-order valence-electron chi connectivity index (χ1n) is 5.79. The fourth-order valence-electron chi connectivity index (χ4n) is 2.41. The van der Waals surface area contributed by atoms with Crippen molar-refractivity contribution in [3.63, 3.8) is 0 Å². The smallest absolute Gasteiger partial charge is 0.156 e. The Hall–Kier alpha value is -1.29. The molecule has 0 aliphatic carbocycles. The fraction of sp³-hybridized carbons (Fsp3) is 0.500. The summed E-state index contributed by atoms with van der Waals surface area (Å²) in [5, 5.41) is 8.23. The maximum absolute atomic E-state index is 5.96. The molecule has 1 aliphatic rings. The standard InChI is InChI=1S/C12H15ClN4/c1-7-5-14-8-6-15-10-4-9(13)16-17(10)11(8)12(7,2)3/h4,6-7,14H,5H2,1-3H3. The molecule has 0 saturated carbocycles. The van der Waals surface area contributed by atoms with Crippen molar-refractivity contribution >= 4 is 22.9 Å². The lowest BCUT2D eigenvalue weighted by molar-refractivity contribution is 0.332. The summed E-state index contributed by atoms with van der Waals surface area (Å²) >= 11 is 5.96. The van der Waals surface area contributed by atoms with E-state index in [0.717, 1.165) is 23.6 Å². The van der Waals surface area contributed by atoms with Crippen molar-refractivity contribution in [1.29, 1.82) is 0 Å². The second kappa shape index (κ2) is 3.35. The van der Waals surface area contributed by atoms with Crippen LogP contribution in [-0.4, -0.2) is 21.1 Å². The van der Waals surface area contributed by atoms with Gasteiger partial charge in [-0.1, -0.05) is 32.4 Å². The van der Waals surface area contributed by atoms with Crippen LogP contribution in [0.15, 0.2) is 12.3 Å². The quantitative estimate of drug-likeness (QED) is 0.782. The molecule has 0 fully saturated rings. The number of hydrogen-bond donors (Lipinski definition) is 1. The number of halogens is 1. The summed E-state index contributed by atoms with van der Waals surface area (Å²) in [6, 6.07) is 1.79. The highest BCUT2D eigenvalue weighted by Gasteiger charge is 2.36. The molecule has 0 radical (unpaired) electrons. The molecule has 1 N–H and O–H groups in total. The average molecular weight is 251 g/mol. The largest absolute Gasteiger partial charge is 0.382 e. The zero-order chi connectivity index (χ0) is 12.2. The number of nitrogens with zero attached hydrogens (tertiary/aromatic N) is 3. The predicted molar refractivity (Wildman–Crippen MR) is 68.7 cm³/mol. The first-order chi connectivity index (χ1) is 8.00. The van der Waals surface area contributed by atoms with Crippen LogP contribution in [0.4, 0.5) is 5.69 Å². The highest BCUT2D eigenvalue weighted by atomic mass is 35.5. The number of nitrogens with one attached hydrogen (secondary N) is 1. The topological polar surface area (TPSA) is 42.2 Å². The van der Waals surface area contributed by atoms with Gasteiger partial charge in [-0.2, -0.15) is 5.10 Å². The third-order valence-electron chi connectivity index (χ3n) is 3.89. The Morgan fingerprint density at radius 1 is 1.53 bits per heavy atom. The highest BCUT2D eigenvalue weighted by Crippen LogP contribution is 2.39. The molecule has 90 valence electrons. The lowest BCUT2D eigenvalue weighted by Gasteiger charge is -2.38. The van der Waals surface area contributed by atoms with Crippen LogP contribution in [0.3, 0.4) is 0 Å². The van der Waals surface area contributed by atoms with E-state index in [1.165, 1.54) is 0 Å². The number of rotatable bonds is 0. The summed E-state index contributed by atoms with van der Waals surface area (Å²) in [6.45, 7) is 7.69. The number of fused-ring (bicyclic) bond motifs is 3. The van der Waals surface area contributed by atoms with E-state index in [2.05, 4.69) is 36.2 Å². The van der Waals surface area contributed by atoms with Crippen molar-refractivity contribution in [3.05, 3.63) is 23.1 Å². The lowest BCUT2D eigenvalue weighted by atomic mass is 9.74. The molecule has 0 bridgehead atoms. The normalized spacial score (nSPS) is 22.2. The van der Waals surface area contributed by atoms with Gasteiger partial charge in [0.05, 0.1) is 17.6 Å². The Morgan fingerprint density at radius 2 is 2.29 bits per heavy atom. The van der Waals surface area contributed by atoms with Crippen LogP contribution in [0.1, 0.15) is 26.5 Å². The van der Waals surface area contributed by atoms with Crippen molar-refractivity contribution in [3.8, 4) is 0 Å². The van der Waals surface area contributed by atoms with Gasteiger partial charge < -0.3 is 5.32 Å². The molecule has 4 nitrogen and oxygen atoms in total. The molecular formula is C12H15ClN4. The first kappa shape index (κ1) is 10.8. The van der Waals surface area contributed by atoms with E-state index >= 15 is 0 Å². The van der Waals surface area contributed by atoms with Crippen LogP contribution < -0.4 is 5.32 Å². The molecule has 2 aromatic rings. The second-order valence-corrected chi connectivity index (χ2v) is 5.65. The van der Waals surface area contributed by atoms with E-state index in [1.807, 2.05) is 10.7 Å². The molecule has 17 heavy (non-hydrogen) atoms. The van der Waals surface area contributed by atoms with Gasteiger partial charge in [-0.05, 0) is 5.92 Å². The molecule has 5 heteroatoms. The zero-order valence-corrected chi connectivity index (χ0v) is 10.9. The minimum atomic E-state index is 0.0527. The molecule has 0 aromatic carbocycles. The summed E-state index contributed by atoms with van der Waals surface area (Å²) in [4.78, 5) is 4.36. The third kappa shape index (κ3) is 1.43. The van der Waals surface area contributed by atoms with Gasteiger partial charge >= 0.3 is 0 Å². The molecule has 1 aliphatic heterocycles. The summed E-state index contributed by atoms with van der Waals surface area (Å²) in [7, 11) is 0. The van der Waals surface area contributed by atoms with Gasteiger partial charge in [-0.3, -0.25) is 0 Å². The Kier molecular flexibility index (Phi) is 2.14. The van der Waals surface area contributed by atoms with E-state index in [-0.39, 0.29) is 5.41 Å². The zero-order valence-electron chi connectivity index (χ0n) is 10.2. The fourth-order valence-corrected chi connectivity index (χ4v) is 2.58. The Labute approximate surface area is 105 Å². The van der Waals surface area contributed by atoms with Crippen LogP contribution in [-0.2, 0) is 5.41 Å². The third-order valence-corrected chi connectivity index (χ3v) is 4.08. The predicted octanol–water partition coefficient (Wildman–Crippen LogP) is 2.72. The lowest BCUT2D eigenvalue weighted by Crippen LogP contribution is -2.39. The van der Waals surface area contributed by atoms with Gasteiger partial charge in [0, 0.05) is 18.0 Å². The summed E-state index contributed by atoms with van der Waals surface area (Å²) in [5.74, 6) is 0.531. The number of anilines is 1. The van der Waals surface area contributed by atoms with E-state index in [4.69, 9.17) is 11.6 Å². The monoisotopic (exact) mass is 250 g/mol. The van der Waals surface area contributed by atoms with Crippen molar-refractivity contribution in [2.75, 3.05) is 11.9 Å². The molecule has 0 saturated heterocycles.